The van der Waals surface area contributed by atoms with Gasteiger partial charge in [0.25, 0.3) is 0 Å². The maximum Gasteiger partial charge on any atom is 0.226 e. The van der Waals surface area contributed by atoms with Gasteiger partial charge in [0.15, 0.2) is 11.6 Å². The van der Waals surface area contributed by atoms with Crippen LogP contribution in [0.3, 0.4) is 0 Å². The Morgan fingerprint density at radius 1 is 1.12 bits per heavy atom. The van der Waals surface area contributed by atoms with Gasteiger partial charge in [-0.05, 0) is 60.7 Å². The van der Waals surface area contributed by atoms with E-state index in [2.05, 4.69) is 35.1 Å². The van der Waals surface area contributed by atoms with Crippen molar-refractivity contribution < 1.29 is 9.53 Å². The van der Waals surface area contributed by atoms with Gasteiger partial charge in [0.2, 0.25) is 5.95 Å². The van der Waals surface area contributed by atoms with E-state index < -0.39 is 0 Å². The van der Waals surface area contributed by atoms with Gasteiger partial charge in [-0.3, -0.25) is 4.79 Å². The quantitative estimate of drug-likeness (QED) is 0.500. The normalized spacial score (nSPS) is 19.2. The average Bonchev–Trinajstić information content (AvgIpc) is 3.16. The third-order valence-corrected chi connectivity index (χ3v) is 6.47. The molecular formula is C25H25BrN4O2. The maximum atomic E-state index is 13.3. The van der Waals surface area contributed by atoms with E-state index >= 15 is 0 Å². The van der Waals surface area contributed by atoms with E-state index in [1.165, 1.54) is 0 Å². The van der Waals surface area contributed by atoms with Crippen molar-refractivity contribution in [1.82, 2.24) is 14.8 Å². The molecule has 6 nitrogen and oxygen atoms in total. The van der Waals surface area contributed by atoms with Crippen molar-refractivity contribution in [2.75, 3.05) is 11.9 Å². The second-order valence-corrected chi connectivity index (χ2v) is 9.99. The van der Waals surface area contributed by atoms with E-state index in [9.17, 15) is 4.79 Å². The Hall–Kier alpha value is -2.93. The number of carbonyl (C=O) groups excluding carboxylic acids is 1. The Bertz CT molecular complexity index is 1210. The van der Waals surface area contributed by atoms with E-state index in [0.29, 0.717) is 24.8 Å². The molecule has 0 bridgehead atoms. The van der Waals surface area contributed by atoms with Crippen molar-refractivity contribution in [3.8, 4) is 17.1 Å². The summed E-state index contributed by atoms with van der Waals surface area (Å²) in [6, 6.07) is 15.5. The van der Waals surface area contributed by atoms with Crippen LogP contribution < -0.4 is 10.1 Å². The standard InChI is InChI=1S/C25H25BrN4O2/c1-4-32-18-11-7-16(8-12-18)23-28-24-27-19-13-25(2,3)14-20(31)21(19)22(30(24)29-23)15-5-9-17(26)10-6-15/h5-12,22H,4,13-14H2,1-3H3,(H,27,28,29). The van der Waals surface area contributed by atoms with Crippen LogP contribution in [0.4, 0.5) is 5.95 Å². The van der Waals surface area contributed by atoms with E-state index in [1.807, 2.05) is 60.1 Å². The smallest absolute Gasteiger partial charge is 0.226 e. The number of carbonyl (C=O) groups is 1. The number of ether oxygens (including phenoxy) is 1. The highest BCUT2D eigenvalue weighted by Gasteiger charge is 2.41. The predicted octanol–water partition coefficient (Wildman–Crippen LogP) is 5.76. The monoisotopic (exact) mass is 492 g/mol. The molecule has 2 aliphatic rings. The van der Waals surface area contributed by atoms with Gasteiger partial charge in [0.05, 0.1) is 6.61 Å². The lowest BCUT2D eigenvalue weighted by atomic mass is 9.73. The van der Waals surface area contributed by atoms with Crippen molar-refractivity contribution >= 4 is 27.7 Å². The minimum Gasteiger partial charge on any atom is -0.494 e. The number of ketones is 1. The number of Topliss-reactive ketones (excluding diaryl/α,β-unsaturated/α-hetero) is 1. The van der Waals surface area contributed by atoms with Crippen LogP contribution in [0.2, 0.25) is 0 Å². The molecule has 0 radical (unpaired) electrons. The first-order valence-electron chi connectivity index (χ1n) is 10.8. The topological polar surface area (TPSA) is 69.0 Å². The summed E-state index contributed by atoms with van der Waals surface area (Å²) in [6.07, 6.45) is 1.32. The highest BCUT2D eigenvalue weighted by Crippen LogP contribution is 2.45. The number of nitrogens with one attached hydrogen (secondary N) is 1. The first-order valence-corrected chi connectivity index (χ1v) is 11.6. The van der Waals surface area contributed by atoms with Crippen LogP contribution >= 0.6 is 15.9 Å². The number of allylic oxidation sites excluding steroid dienone is 2. The van der Waals surface area contributed by atoms with Crippen molar-refractivity contribution in [2.24, 2.45) is 5.41 Å². The Kier molecular flexibility index (Phi) is 5.16. The summed E-state index contributed by atoms with van der Waals surface area (Å²) in [7, 11) is 0. The molecule has 3 aromatic rings. The van der Waals surface area contributed by atoms with Gasteiger partial charge in [-0.25, -0.2) is 4.68 Å². The molecule has 1 unspecified atom stereocenters. The van der Waals surface area contributed by atoms with Gasteiger partial charge in [-0.15, -0.1) is 5.10 Å². The van der Waals surface area contributed by atoms with E-state index in [4.69, 9.17) is 14.8 Å². The summed E-state index contributed by atoms with van der Waals surface area (Å²) in [5, 5.41) is 8.27. The van der Waals surface area contributed by atoms with Gasteiger partial charge in [-0.1, -0.05) is 41.9 Å². The summed E-state index contributed by atoms with van der Waals surface area (Å²) >= 11 is 3.51. The van der Waals surface area contributed by atoms with E-state index in [1.54, 1.807) is 0 Å². The SMILES string of the molecule is CCOc1ccc(-c2nc3n(n2)C(c2ccc(Br)cc2)C2=C(CC(C)(C)CC2=O)N3)cc1. The van der Waals surface area contributed by atoms with Crippen LogP contribution in [0.15, 0.2) is 64.3 Å². The van der Waals surface area contributed by atoms with Crippen LogP contribution in [0.1, 0.15) is 45.2 Å². The zero-order valence-electron chi connectivity index (χ0n) is 18.4. The average molecular weight is 493 g/mol. The van der Waals surface area contributed by atoms with Gasteiger partial charge in [-0.2, -0.15) is 4.98 Å². The Morgan fingerprint density at radius 3 is 2.53 bits per heavy atom. The van der Waals surface area contributed by atoms with Gasteiger partial charge >= 0.3 is 0 Å². The molecule has 2 heterocycles. The molecule has 1 aliphatic carbocycles. The molecule has 164 valence electrons. The number of benzene rings is 2. The van der Waals surface area contributed by atoms with Crippen LogP contribution in [-0.2, 0) is 4.79 Å². The van der Waals surface area contributed by atoms with Crippen molar-refractivity contribution in [1.29, 1.82) is 0 Å². The fraction of sp³-hybridized carbons (Fsp3) is 0.320. The van der Waals surface area contributed by atoms with Crippen molar-refractivity contribution in [2.45, 2.75) is 39.7 Å². The molecule has 0 saturated heterocycles. The number of hydrogen-bond donors (Lipinski definition) is 1. The number of rotatable bonds is 4. The minimum absolute atomic E-state index is 0.0900. The lowest BCUT2D eigenvalue weighted by Gasteiger charge is -2.38. The Balaban J connectivity index is 1.61. The third kappa shape index (κ3) is 3.75. The molecule has 1 aromatic heterocycles. The molecule has 0 amide bonds. The van der Waals surface area contributed by atoms with E-state index in [0.717, 1.165) is 39.0 Å². The second-order valence-electron chi connectivity index (χ2n) is 9.07. The fourth-order valence-corrected chi connectivity index (χ4v) is 4.82. The molecule has 2 aromatic carbocycles. The lowest BCUT2D eigenvalue weighted by Crippen LogP contribution is -2.36. The van der Waals surface area contributed by atoms with Gasteiger partial charge in [0.1, 0.15) is 11.8 Å². The molecule has 1 atom stereocenters. The van der Waals surface area contributed by atoms with Gasteiger partial charge < -0.3 is 10.1 Å². The summed E-state index contributed by atoms with van der Waals surface area (Å²) in [6.45, 7) is 6.85. The molecule has 5 rings (SSSR count). The highest BCUT2D eigenvalue weighted by atomic mass is 79.9. The number of nitrogens with zero attached hydrogens (tertiary/aromatic N) is 3. The predicted molar refractivity (Wildman–Crippen MR) is 128 cm³/mol. The van der Waals surface area contributed by atoms with Crippen LogP contribution in [0.5, 0.6) is 5.75 Å². The number of anilines is 1. The fourth-order valence-electron chi connectivity index (χ4n) is 4.55. The molecule has 0 fully saturated rings. The first kappa shape index (κ1) is 20.9. The molecule has 1 aliphatic heterocycles. The largest absolute Gasteiger partial charge is 0.494 e. The number of fused-ring (bicyclic) bond motifs is 1. The second kappa shape index (κ2) is 7.89. The van der Waals surface area contributed by atoms with Crippen LogP contribution in [-0.4, -0.2) is 27.2 Å². The Labute approximate surface area is 195 Å². The summed E-state index contributed by atoms with van der Waals surface area (Å²) in [5.74, 6) is 2.26. The zero-order chi connectivity index (χ0) is 22.5. The molecular weight excluding hydrogens is 468 g/mol. The first-order chi connectivity index (χ1) is 15.3. The number of halogens is 1. The van der Waals surface area contributed by atoms with Crippen molar-refractivity contribution in [3.63, 3.8) is 0 Å². The maximum absolute atomic E-state index is 13.3. The zero-order valence-corrected chi connectivity index (χ0v) is 19.9. The highest BCUT2D eigenvalue weighted by molar-refractivity contribution is 9.10. The summed E-state index contributed by atoms with van der Waals surface area (Å²) < 4.78 is 8.40. The summed E-state index contributed by atoms with van der Waals surface area (Å²) in [5.41, 5.74) is 3.57. The van der Waals surface area contributed by atoms with Crippen LogP contribution in [0, 0.1) is 5.41 Å². The summed E-state index contributed by atoms with van der Waals surface area (Å²) in [4.78, 5) is 18.1. The molecule has 32 heavy (non-hydrogen) atoms. The number of hydrogen-bond acceptors (Lipinski definition) is 5. The van der Waals surface area contributed by atoms with Crippen LogP contribution in [0.25, 0.3) is 11.4 Å². The molecule has 0 spiro atoms. The molecule has 7 heteroatoms. The third-order valence-electron chi connectivity index (χ3n) is 5.94. The van der Waals surface area contributed by atoms with Crippen molar-refractivity contribution in [3.05, 3.63) is 69.8 Å². The van der Waals surface area contributed by atoms with E-state index in [-0.39, 0.29) is 17.2 Å². The van der Waals surface area contributed by atoms with Gasteiger partial charge in [0, 0.05) is 27.7 Å². The Morgan fingerprint density at radius 2 is 1.84 bits per heavy atom. The molecule has 1 N–H and O–H groups in total. The number of aromatic nitrogens is 3. The molecule has 0 saturated carbocycles. The minimum atomic E-state index is -0.304. The lowest BCUT2D eigenvalue weighted by molar-refractivity contribution is -0.118.